The maximum Gasteiger partial charge on any atom is 0.320 e. The third kappa shape index (κ3) is 4.50. The van der Waals surface area contributed by atoms with Gasteiger partial charge in [-0.25, -0.2) is 0 Å². The molecule has 0 aliphatic heterocycles. The molecule has 0 bridgehead atoms. The number of halogens is 2. The van der Waals surface area contributed by atoms with Crippen LogP contribution in [0.15, 0.2) is 47.4 Å². The van der Waals surface area contributed by atoms with E-state index in [1.54, 1.807) is 30.3 Å². The van der Waals surface area contributed by atoms with E-state index in [0.717, 1.165) is 10.5 Å². The summed E-state index contributed by atoms with van der Waals surface area (Å²) in [7, 11) is 1.26. The van der Waals surface area contributed by atoms with Gasteiger partial charge in [0.25, 0.3) is 0 Å². The Labute approximate surface area is 148 Å². The van der Waals surface area contributed by atoms with Crippen LogP contribution >= 0.6 is 35.0 Å². The summed E-state index contributed by atoms with van der Waals surface area (Å²) in [5.74, 6) is -0.934. The van der Waals surface area contributed by atoms with E-state index in [1.807, 2.05) is 12.1 Å². The molecule has 1 unspecified atom stereocenters. The molecule has 1 atom stereocenters. The number of thioether (sulfide) groups is 1. The monoisotopic (exact) mass is 368 g/mol. The van der Waals surface area contributed by atoms with E-state index >= 15 is 0 Å². The average molecular weight is 369 g/mol. The van der Waals surface area contributed by atoms with Gasteiger partial charge >= 0.3 is 5.97 Å². The van der Waals surface area contributed by atoms with Crippen LogP contribution in [0.1, 0.15) is 17.0 Å². The van der Waals surface area contributed by atoms with Crippen molar-refractivity contribution in [1.29, 1.82) is 0 Å². The number of carbonyl (C=O) groups excluding carboxylic acids is 2. The van der Waals surface area contributed by atoms with Crippen LogP contribution in [-0.2, 0) is 20.1 Å². The smallest absolute Gasteiger partial charge is 0.320 e. The molecule has 0 radical (unpaired) electrons. The molecule has 2 aromatic rings. The zero-order chi connectivity index (χ0) is 16.8. The van der Waals surface area contributed by atoms with Gasteiger partial charge in [-0.3, -0.25) is 4.79 Å². The van der Waals surface area contributed by atoms with Gasteiger partial charge in [0.15, 0.2) is 0 Å². The summed E-state index contributed by atoms with van der Waals surface area (Å²) in [6, 6.07) is 12.5. The first-order valence-corrected chi connectivity index (χ1v) is 8.49. The van der Waals surface area contributed by atoms with Gasteiger partial charge in [-0.1, -0.05) is 41.4 Å². The molecule has 23 heavy (non-hydrogen) atoms. The minimum Gasteiger partial charge on any atom is -0.468 e. The fraction of sp³-hybridized carbons (Fsp3) is 0.176. The van der Waals surface area contributed by atoms with Crippen LogP contribution in [-0.4, -0.2) is 19.4 Å². The molecule has 0 heterocycles. The highest BCUT2D eigenvalue weighted by molar-refractivity contribution is 7.98. The fourth-order valence-corrected chi connectivity index (χ4v) is 3.61. The summed E-state index contributed by atoms with van der Waals surface area (Å²) >= 11 is 13.6. The number of methoxy groups -OCH3 is 1. The predicted octanol–water partition coefficient (Wildman–Crippen LogP) is 4.74. The molecule has 0 aliphatic rings. The molecule has 0 spiro atoms. The van der Waals surface area contributed by atoms with E-state index in [-0.39, 0.29) is 0 Å². The van der Waals surface area contributed by atoms with Crippen molar-refractivity contribution >= 4 is 47.2 Å². The normalized spacial score (nSPS) is 11.8. The highest BCUT2D eigenvalue weighted by Gasteiger charge is 2.23. The third-order valence-electron chi connectivity index (χ3n) is 3.24. The van der Waals surface area contributed by atoms with Crippen molar-refractivity contribution in [3.05, 3.63) is 63.6 Å². The van der Waals surface area contributed by atoms with Crippen molar-refractivity contribution in [3.8, 4) is 0 Å². The molecule has 0 fully saturated rings. The Bertz CT molecular complexity index is 719. The lowest BCUT2D eigenvalue weighted by molar-refractivity contribution is -0.143. The van der Waals surface area contributed by atoms with Gasteiger partial charge in [-0.15, -0.1) is 11.8 Å². The minimum atomic E-state index is -0.932. The van der Waals surface area contributed by atoms with Gasteiger partial charge in [0.05, 0.1) is 7.11 Å². The second kappa shape index (κ2) is 8.39. The highest BCUT2D eigenvalue weighted by atomic mass is 35.5. The Morgan fingerprint density at radius 3 is 2.70 bits per heavy atom. The fourth-order valence-electron chi connectivity index (χ4n) is 2.06. The number of hydrogen-bond acceptors (Lipinski definition) is 4. The van der Waals surface area contributed by atoms with Crippen molar-refractivity contribution in [3.63, 3.8) is 0 Å². The number of benzene rings is 2. The molecule has 2 aromatic carbocycles. The van der Waals surface area contributed by atoms with Crippen LogP contribution in [0.3, 0.4) is 0 Å². The first-order valence-electron chi connectivity index (χ1n) is 6.75. The molecular formula is C17H14Cl2O3S. The van der Waals surface area contributed by atoms with Crippen LogP contribution in [0.2, 0.25) is 10.0 Å². The first-order chi connectivity index (χ1) is 11.1. The number of rotatable bonds is 6. The highest BCUT2D eigenvalue weighted by Crippen LogP contribution is 2.33. The van der Waals surface area contributed by atoms with Crippen molar-refractivity contribution in [1.82, 2.24) is 0 Å². The molecule has 6 heteroatoms. The Balaban J connectivity index is 2.25. The molecule has 0 N–H and O–H groups in total. The Kier molecular flexibility index (Phi) is 6.51. The third-order valence-corrected chi connectivity index (χ3v) is 4.98. The number of aldehydes is 1. The lowest BCUT2D eigenvalue weighted by atomic mass is 10.0. The Hall–Kier alpha value is -1.49. The summed E-state index contributed by atoms with van der Waals surface area (Å²) < 4.78 is 4.69. The van der Waals surface area contributed by atoms with Gasteiger partial charge in [-0.05, 0) is 35.4 Å². The second-order valence-corrected chi connectivity index (χ2v) is 6.56. The topological polar surface area (TPSA) is 43.4 Å². The van der Waals surface area contributed by atoms with Crippen LogP contribution in [0, 0.1) is 0 Å². The zero-order valence-electron chi connectivity index (χ0n) is 12.3. The lowest BCUT2D eigenvalue weighted by Crippen LogP contribution is -2.16. The van der Waals surface area contributed by atoms with E-state index in [2.05, 4.69) is 0 Å². The molecule has 0 amide bonds. The van der Waals surface area contributed by atoms with Crippen LogP contribution in [0.25, 0.3) is 0 Å². The van der Waals surface area contributed by atoms with E-state index in [1.165, 1.54) is 18.9 Å². The maximum absolute atomic E-state index is 11.8. The van der Waals surface area contributed by atoms with Gasteiger partial charge in [-0.2, -0.15) is 0 Å². The molecular weight excluding hydrogens is 355 g/mol. The van der Waals surface area contributed by atoms with Crippen molar-refractivity contribution < 1.29 is 14.3 Å². The SMILES string of the molecule is COC(=O)C(C=O)c1ccccc1SCc1cc(Cl)ccc1Cl. The summed E-state index contributed by atoms with van der Waals surface area (Å²) in [6.07, 6.45) is 0.595. The van der Waals surface area contributed by atoms with Gasteiger partial charge in [0, 0.05) is 20.7 Å². The summed E-state index contributed by atoms with van der Waals surface area (Å²) in [5.41, 5.74) is 1.51. The molecule has 0 saturated heterocycles. The van der Waals surface area contributed by atoms with Crippen molar-refractivity contribution in [2.24, 2.45) is 0 Å². The van der Waals surface area contributed by atoms with E-state index in [9.17, 15) is 9.59 Å². The Morgan fingerprint density at radius 1 is 1.26 bits per heavy atom. The predicted molar refractivity (Wildman–Crippen MR) is 93.3 cm³/mol. The van der Waals surface area contributed by atoms with Crippen molar-refractivity contribution in [2.75, 3.05) is 7.11 Å². The lowest BCUT2D eigenvalue weighted by Gasteiger charge is -2.13. The van der Waals surface area contributed by atoms with Gasteiger partial charge < -0.3 is 9.53 Å². The molecule has 2 rings (SSSR count). The first kappa shape index (κ1) is 17.9. The van der Waals surface area contributed by atoms with Gasteiger partial charge in [0.2, 0.25) is 0 Å². The maximum atomic E-state index is 11.8. The summed E-state index contributed by atoms with van der Waals surface area (Å²) in [5, 5.41) is 1.23. The van der Waals surface area contributed by atoms with E-state index in [0.29, 0.717) is 27.6 Å². The molecule has 0 aromatic heterocycles. The number of hydrogen-bond donors (Lipinski definition) is 0. The number of esters is 1. The largest absolute Gasteiger partial charge is 0.468 e. The summed E-state index contributed by atoms with van der Waals surface area (Å²) in [4.78, 5) is 23.9. The van der Waals surface area contributed by atoms with E-state index in [4.69, 9.17) is 27.9 Å². The van der Waals surface area contributed by atoms with Crippen LogP contribution < -0.4 is 0 Å². The number of carbonyl (C=O) groups is 2. The quantitative estimate of drug-likeness (QED) is 0.319. The molecule has 120 valence electrons. The van der Waals surface area contributed by atoms with Crippen molar-refractivity contribution in [2.45, 2.75) is 16.6 Å². The zero-order valence-corrected chi connectivity index (χ0v) is 14.6. The molecule has 0 aliphatic carbocycles. The van der Waals surface area contributed by atoms with Crippen LogP contribution in [0.5, 0.6) is 0 Å². The van der Waals surface area contributed by atoms with E-state index < -0.39 is 11.9 Å². The van der Waals surface area contributed by atoms with Gasteiger partial charge in [0.1, 0.15) is 12.2 Å². The molecule has 3 nitrogen and oxygen atoms in total. The summed E-state index contributed by atoms with van der Waals surface area (Å²) in [6.45, 7) is 0. The standard InChI is InChI=1S/C17H14Cl2O3S/c1-22-17(21)14(9-20)13-4-2-3-5-16(13)23-10-11-8-12(18)6-7-15(11)19/h2-9,14H,10H2,1H3. The molecule has 0 saturated carbocycles. The van der Waals surface area contributed by atoms with Crippen LogP contribution in [0.4, 0.5) is 0 Å². The second-order valence-electron chi connectivity index (χ2n) is 4.70. The Morgan fingerprint density at radius 2 is 2.00 bits per heavy atom. The average Bonchev–Trinajstić information content (AvgIpc) is 2.57. The minimum absolute atomic E-state index is 0.573. The number of ether oxygens (including phenoxy) is 1.